The smallest absolute Gasteiger partial charge is 0.321 e. The zero-order valence-corrected chi connectivity index (χ0v) is 14.6. The molecule has 0 spiro atoms. The number of anilines is 1. The van der Waals surface area contributed by atoms with Crippen molar-refractivity contribution in [1.29, 1.82) is 0 Å². The van der Waals surface area contributed by atoms with Crippen LogP contribution in [0.2, 0.25) is 0 Å². The number of ether oxygens (including phenoxy) is 1. The summed E-state index contributed by atoms with van der Waals surface area (Å²) in [6.07, 6.45) is 3.09. The molecule has 1 saturated heterocycles. The van der Waals surface area contributed by atoms with Gasteiger partial charge in [-0.3, -0.25) is 4.79 Å². The first-order valence-electron chi connectivity index (χ1n) is 8.65. The minimum absolute atomic E-state index is 0.0447. The summed E-state index contributed by atoms with van der Waals surface area (Å²) < 4.78 is 18.0. The average molecular weight is 351 g/mol. The van der Waals surface area contributed by atoms with E-state index in [9.17, 15) is 14.0 Å². The largest absolute Gasteiger partial charge is 0.383 e. The quantitative estimate of drug-likeness (QED) is 0.742. The molecule has 1 aromatic rings. The summed E-state index contributed by atoms with van der Waals surface area (Å²) in [6, 6.07) is 5.66. The van der Waals surface area contributed by atoms with Gasteiger partial charge >= 0.3 is 6.03 Å². The lowest BCUT2D eigenvalue weighted by atomic mass is 9.92. The molecule has 0 aliphatic carbocycles. The van der Waals surface area contributed by atoms with Crippen LogP contribution < -0.4 is 10.6 Å². The van der Waals surface area contributed by atoms with Crippen LogP contribution in [-0.2, 0) is 9.53 Å². The summed E-state index contributed by atoms with van der Waals surface area (Å²) in [6.45, 7) is 2.35. The molecule has 0 bridgehead atoms. The number of hydrogen-bond donors (Lipinski definition) is 2. The molecule has 0 unspecified atom stereocenters. The van der Waals surface area contributed by atoms with Crippen LogP contribution in [0.4, 0.5) is 14.9 Å². The third-order valence-corrected chi connectivity index (χ3v) is 4.39. The van der Waals surface area contributed by atoms with Gasteiger partial charge in [0, 0.05) is 38.9 Å². The molecule has 25 heavy (non-hydrogen) atoms. The molecule has 1 aromatic carbocycles. The molecule has 2 rings (SSSR count). The van der Waals surface area contributed by atoms with Crippen LogP contribution in [0.1, 0.15) is 25.7 Å². The third-order valence-electron chi connectivity index (χ3n) is 4.39. The van der Waals surface area contributed by atoms with Gasteiger partial charge in [0.2, 0.25) is 5.91 Å². The van der Waals surface area contributed by atoms with E-state index in [1.54, 1.807) is 24.1 Å². The first-order chi connectivity index (χ1) is 12.1. The number of carbonyl (C=O) groups is 2. The van der Waals surface area contributed by atoms with E-state index in [2.05, 4.69) is 10.6 Å². The van der Waals surface area contributed by atoms with Crippen molar-refractivity contribution in [3.8, 4) is 0 Å². The summed E-state index contributed by atoms with van der Waals surface area (Å²) in [4.78, 5) is 25.6. The van der Waals surface area contributed by atoms with Crippen LogP contribution in [0.15, 0.2) is 24.3 Å². The molecule has 0 aromatic heterocycles. The highest BCUT2D eigenvalue weighted by Crippen LogP contribution is 2.22. The number of benzene rings is 1. The van der Waals surface area contributed by atoms with E-state index in [1.807, 2.05) is 0 Å². The number of carbonyl (C=O) groups excluding carboxylic acids is 2. The van der Waals surface area contributed by atoms with Gasteiger partial charge in [0.25, 0.3) is 0 Å². The minimum Gasteiger partial charge on any atom is -0.383 e. The van der Waals surface area contributed by atoms with Crippen LogP contribution in [0.25, 0.3) is 0 Å². The van der Waals surface area contributed by atoms with Gasteiger partial charge in [0.1, 0.15) is 5.82 Å². The molecule has 6 nitrogen and oxygen atoms in total. The average Bonchev–Trinajstić information content (AvgIpc) is 2.60. The highest BCUT2D eigenvalue weighted by Gasteiger charge is 2.23. The molecule has 2 N–H and O–H groups in total. The van der Waals surface area contributed by atoms with E-state index < -0.39 is 0 Å². The normalized spacial score (nSPS) is 15.0. The van der Waals surface area contributed by atoms with Crippen molar-refractivity contribution in [3.05, 3.63) is 30.1 Å². The summed E-state index contributed by atoms with van der Waals surface area (Å²) in [5.41, 5.74) is 0.458. The lowest BCUT2D eigenvalue weighted by molar-refractivity contribution is -0.121. The summed E-state index contributed by atoms with van der Waals surface area (Å²) in [7, 11) is 1.60. The fourth-order valence-electron chi connectivity index (χ4n) is 2.91. The fourth-order valence-corrected chi connectivity index (χ4v) is 2.91. The molecule has 1 heterocycles. The monoisotopic (exact) mass is 351 g/mol. The van der Waals surface area contributed by atoms with Gasteiger partial charge < -0.3 is 20.3 Å². The molecule has 138 valence electrons. The van der Waals surface area contributed by atoms with Crippen molar-refractivity contribution in [2.45, 2.75) is 25.7 Å². The number of nitrogens with one attached hydrogen (secondary N) is 2. The number of piperidine rings is 1. The number of halogens is 1. The van der Waals surface area contributed by atoms with Crippen molar-refractivity contribution in [3.63, 3.8) is 0 Å². The SMILES string of the molecule is COCCNC(=O)CCC1CCN(C(=O)Nc2cccc(F)c2)CC1. The van der Waals surface area contributed by atoms with E-state index in [0.29, 0.717) is 44.3 Å². The lowest BCUT2D eigenvalue weighted by Gasteiger charge is -2.32. The van der Waals surface area contributed by atoms with Crippen molar-refractivity contribution < 1.29 is 18.7 Å². The second-order valence-corrected chi connectivity index (χ2v) is 6.25. The molecule has 0 atom stereocenters. The van der Waals surface area contributed by atoms with Crippen molar-refractivity contribution in [2.24, 2.45) is 5.92 Å². The van der Waals surface area contributed by atoms with Gasteiger partial charge in [-0.25, -0.2) is 9.18 Å². The Balaban J connectivity index is 1.67. The van der Waals surface area contributed by atoms with E-state index in [4.69, 9.17) is 4.74 Å². The Kier molecular flexibility index (Phi) is 7.66. The highest BCUT2D eigenvalue weighted by atomic mass is 19.1. The predicted molar refractivity (Wildman–Crippen MR) is 93.8 cm³/mol. The Morgan fingerprint density at radius 1 is 1.32 bits per heavy atom. The van der Waals surface area contributed by atoms with Gasteiger partial charge in [-0.05, 0) is 43.4 Å². The summed E-state index contributed by atoms with van der Waals surface area (Å²) >= 11 is 0. The molecule has 0 saturated carbocycles. The van der Waals surface area contributed by atoms with Crippen molar-refractivity contribution in [2.75, 3.05) is 38.7 Å². The molecule has 1 aliphatic heterocycles. The summed E-state index contributed by atoms with van der Waals surface area (Å²) in [5.74, 6) is 0.120. The van der Waals surface area contributed by atoms with Gasteiger partial charge in [-0.15, -0.1) is 0 Å². The number of hydrogen-bond acceptors (Lipinski definition) is 3. The number of urea groups is 1. The van der Waals surface area contributed by atoms with Crippen LogP contribution in [0.5, 0.6) is 0 Å². The van der Waals surface area contributed by atoms with Crippen LogP contribution >= 0.6 is 0 Å². The van der Waals surface area contributed by atoms with E-state index in [1.165, 1.54) is 12.1 Å². The molecule has 3 amide bonds. The molecular weight excluding hydrogens is 325 g/mol. The van der Waals surface area contributed by atoms with Gasteiger partial charge in [0.15, 0.2) is 0 Å². The highest BCUT2D eigenvalue weighted by molar-refractivity contribution is 5.89. The number of amides is 3. The van der Waals surface area contributed by atoms with Gasteiger partial charge in [0.05, 0.1) is 6.61 Å². The van der Waals surface area contributed by atoms with Crippen LogP contribution in [0.3, 0.4) is 0 Å². The van der Waals surface area contributed by atoms with E-state index in [-0.39, 0.29) is 17.8 Å². The topological polar surface area (TPSA) is 70.7 Å². The molecule has 0 radical (unpaired) electrons. The molecule has 1 aliphatic rings. The van der Waals surface area contributed by atoms with Gasteiger partial charge in [-0.1, -0.05) is 6.07 Å². The molecular formula is C18H26FN3O3. The van der Waals surface area contributed by atoms with Crippen molar-refractivity contribution >= 4 is 17.6 Å². The van der Waals surface area contributed by atoms with Crippen LogP contribution in [-0.4, -0.2) is 50.2 Å². The van der Waals surface area contributed by atoms with E-state index in [0.717, 1.165) is 19.3 Å². The maximum absolute atomic E-state index is 13.2. The Bertz CT molecular complexity index is 574. The minimum atomic E-state index is -0.375. The number of likely N-dealkylation sites (tertiary alicyclic amines) is 1. The standard InChI is InChI=1S/C18H26FN3O3/c1-25-12-9-20-17(23)6-5-14-7-10-22(11-8-14)18(24)21-16-4-2-3-15(19)13-16/h2-4,13-14H,5-12H2,1H3,(H,20,23)(H,21,24). The Morgan fingerprint density at radius 2 is 2.08 bits per heavy atom. The molecule has 7 heteroatoms. The maximum atomic E-state index is 13.2. The second kappa shape index (κ2) is 9.98. The van der Waals surface area contributed by atoms with E-state index >= 15 is 0 Å². The third kappa shape index (κ3) is 6.70. The second-order valence-electron chi connectivity index (χ2n) is 6.25. The van der Waals surface area contributed by atoms with Crippen LogP contribution in [0, 0.1) is 11.7 Å². The Morgan fingerprint density at radius 3 is 2.76 bits per heavy atom. The maximum Gasteiger partial charge on any atom is 0.321 e. The lowest BCUT2D eigenvalue weighted by Crippen LogP contribution is -2.41. The van der Waals surface area contributed by atoms with Crippen molar-refractivity contribution in [1.82, 2.24) is 10.2 Å². The zero-order valence-electron chi connectivity index (χ0n) is 14.6. The Labute approximate surface area is 147 Å². The predicted octanol–water partition coefficient (Wildman–Crippen LogP) is 2.61. The van der Waals surface area contributed by atoms with Gasteiger partial charge in [-0.2, -0.15) is 0 Å². The summed E-state index contributed by atoms with van der Waals surface area (Å²) in [5, 5.41) is 5.53. The first-order valence-corrected chi connectivity index (χ1v) is 8.65. The Hall–Kier alpha value is -2.15. The fraction of sp³-hybridized carbons (Fsp3) is 0.556. The first kappa shape index (κ1) is 19.2. The molecule has 1 fully saturated rings. The number of methoxy groups -OCH3 is 1. The number of nitrogens with zero attached hydrogens (tertiary/aromatic N) is 1. The zero-order chi connectivity index (χ0) is 18.1. The number of rotatable bonds is 7.